The third-order valence-electron chi connectivity index (χ3n) is 3.57. The normalized spacial score (nSPS) is 18.6. The number of aliphatic hydroxyl groups is 1. The zero-order valence-corrected chi connectivity index (χ0v) is 11.8. The molecule has 20 heavy (non-hydrogen) atoms. The monoisotopic (exact) mass is 282 g/mol. The van der Waals surface area contributed by atoms with Crippen LogP contribution in [0.15, 0.2) is 16.7 Å². The quantitative estimate of drug-likeness (QED) is 0.714. The van der Waals surface area contributed by atoms with Gasteiger partial charge in [0, 0.05) is 31.2 Å². The van der Waals surface area contributed by atoms with Gasteiger partial charge >= 0.3 is 5.97 Å². The van der Waals surface area contributed by atoms with E-state index in [1.807, 2.05) is 0 Å². The van der Waals surface area contributed by atoms with Crippen molar-refractivity contribution in [3.8, 4) is 0 Å². The summed E-state index contributed by atoms with van der Waals surface area (Å²) in [6, 6.07) is 2.23. The fraction of sp³-hybridized carbons (Fsp3) is 0.643. The summed E-state index contributed by atoms with van der Waals surface area (Å²) in [6.45, 7) is 3.14. The van der Waals surface area contributed by atoms with Gasteiger partial charge in [-0.15, -0.1) is 0 Å². The van der Waals surface area contributed by atoms with E-state index in [9.17, 15) is 9.90 Å². The second-order valence-electron chi connectivity index (χ2n) is 5.02. The molecule has 1 atom stereocenters. The molecule has 2 N–H and O–H groups in total. The highest BCUT2D eigenvalue weighted by Crippen LogP contribution is 2.16. The van der Waals surface area contributed by atoms with Crippen LogP contribution in [0.3, 0.4) is 0 Å². The molecule has 6 heteroatoms. The van der Waals surface area contributed by atoms with Crippen LogP contribution in [0.25, 0.3) is 0 Å². The summed E-state index contributed by atoms with van der Waals surface area (Å²) in [5, 5.41) is 12.6. The van der Waals surface area contributed by atoms with Crippen LogP contribution < -0.4 is 5.32 Å². The van der Waals surface area contributed by atoms with Gasteiger partial charge in [-0.1, -0.05) is 0 Å². The largest absolute Gasteiger partial charge is 0.463 e. The van der Waals surface area contributed by atoms with E-state index in [2.05, 4.69) is 10.2 Å². The van der Waals surface area contributed by atoms with E-state index >= 15 is 0 Å². The van der Waals surface area contributed by atoms with E-state index in [0.29, 0.717) is 19.1 Å². The molecule has 1 saturated heterocycles. The molecule has 0 radical (unpaired) electrons. The molecule has 1 aliphatic rings. The maximum atomic E-state index is 11.6. The number of carbonyl (C=O) groups is 1. The Bertz CT molecular complexity index is 427. The standard InChI is InChI=1S/C14H22N2O4/c1-19-14(18)13-11(4-8-20-13)9-16(6-7-17)10-12-3-2-5-15-12/h4,8,12,15,17H,2-3,5-7,9-10H2,1H3. The first kappa shape index (κ1) is 15.0. The fourth-order valence-corrected chi connectivity index (χ4v) is 2.57. The van der Waals surface area contributed by atoms with Gasteiger partial charge in [0.15, 0.2) is 0 Å². The smallest absolute Gasteiger partial charge is 0.374 e. The van der Waals surface area contributed by atoms with Crippen molar-refractivity contribution < 1.29 is 19.1 Å². The van der Waals surface area contributed by atoms with Crippen LogP contribution in [-0.4, -0.2) is 55.4 Å². The van der Waals surface area contributed by atoms with Gasteiger partial charge in [0.1, 0.15) is 0 Å². The second kappa shape index (κ2) is 7.42. The third-order valence-corrected chi connectivity index (χ3v) is 3.57. The minimum Gasteiger partial charge on any atom is -0.463 e. The Balaban J connectivity index is 1.99. The molecule has 0 aromatic carbocycles. The van der Waals surface area contributed by atoms with Crippen LogP contribution in [0.1, 0.15) is 29.0 Å². The average Bonchev–Trinajstić information content (AvgIpc) is 3.09. The molecule has 1 aromatic rings. The number of rotatable bonds is 7. The topological polar surface area (TPSA) is 74.9 Å². The molecule has 1 unspecified atom stereocenters. The maximum Gasteiger partial charge on any atom is 0.374 e. The number of nitrogens with one attached hydrogen (secondary N) is 1. The predicted octanol–water partition coefficient (Wildman–Crippen LogP) is 0.613. The van der Waals surface area contributed by atoms with Gasteiger partial charge in [-0.05, 0) is 25.5 Å². The van der Waals surface area contributed by atoms with Gasteiger partial charge in [-0.2, -0.15) is 0 Å². The number of ether oxygens (including phenoxy) is 1. The predicted molar refractivity (Wildman–Crippen MR) is 73.4 cm³/mol. The van der Waals surface area contributed by atoms with E-state index < -0.39 is 5.97 Å². The number of nitrogens with zero attached hydrogens (tertiary/aromatic N) is 1. The van der Waals surface area contributed by atoms with Crippen LogP contribution in [0, 0.1) is 0 Å². The highest BCUT2D eigenvalue weighted by molar-refractivity contribution is 5.87. The fourth-order valence-electron chi connectivity index (χ4n) is 2.57. The molecule has 1 aromatic heterocycles. The van der Waals surface area contributed by atoms with Gasteiger partial charge < -0.3 is 19.6 Å². The Morgan fingerprint density at radius 1 is 1.65 bits per heavy atom. The lowest BCUT2D eigenvalue weighted by atomic mass is 10.2. The molecule has 0 bridgehead atoms. The Kier molecular flexibility index (Phi) is 5.58. The van der Waals surface area contributed by atoms with Crippen molar-refractivity contribution in [2.24, 2.45) is 0 Å². The molecular formula is C14H22N2O4. The van der Waals surface area contributed by atoms with Crippen molar-refractivity contribution in [1.29, 1.82) is 0 Å². The summed E-state index contributed by atoms with van der Waals surface area (Å²) in [5.74, 6) is -0.220. The molecule has 2 heterocycles. The number of aliphatic hydroxyl groups excluding tert-OH is 1. The van der Waals surface area contributed by atoms with Crippen molar-refractivity contribution in [2.75, 3.05) is 33.4 Å². The molecule has 6 nitrogen and oxygen atoms in total. The number of hydrogen-bond donors (Lipinski definition) is 2. The first-order chi connectivity index (χ1) is 9.74. The highest BCUT2D eigenvalue weighted by atomic mass is 16.5. The number of esters is 1. The molecule has 112 valence electrons. The second-order valence-corrected chi connectivity index (χ2v) is 5.02. The van der Waals surface area contributed by atoms with Gasteiger partial charge in [-0.25, -0.2) is 4.79 Å². The number of methoxy groups -OCH3 is 1. The van der Waals surface area contributed by atoms with E-state index in [0.717, 1.165) is 25.1 Å². The van der Waals surface area contributed by atoms with E-state index in [1.165, 1.54) is 19.8 Å². The molecule has 1 fully saturated rings. The Hall–Kier alpha value is -1.37. The molecule has 2 rings (SSSR count). The zero-order chi connectivity index (χ0) is 14.4. The minimum absolute atomic E-state index is 0.0954. The van der Waals surface area contributed by atoms with Gasteiger partial charge in [0.25, 0.3) is 0 Å². The van der Waals surface area contributed by atoms with Gasteiger partial charge in [0.2, 0.25) is 5.76 Å². The Morgan fingerprint density at radius 2 is 2.50 bits per heavy atom. The summed E-state index contributed by atoms with van der Waals surface area (Å²) in [6.07, 6.45) is 3.83. The first-order valence-electron chi connectivity index (χ1n) is 6.96. The van der Waals surface area contributed by atoms with E-state index in [4.69, 9.17) is 9.15 Å². The van der Waals surface area contributed by atoms with Crippen LogP contribution in [0.5, 0.6) is 0 Å². The molecule has 0 saturated carbocycles. The lowest BCUT2D eigenvalue weighted by molar-refractivity contribution is 0.0561. The molecule has 0 aliphatic carbocycles. The summed E-state index contributed by atoms with van der Waals surface area (Å²) < 4.78 is 9.88. The van der Waals surface area contributed by atoms with Crippen molar-refractivity contribution in [3.05, 3.63) is 23.7 Å². The van der Waals surface area contributed by atoms with Gasteiger partial charge in [-0.3, -0.25) is 4.90 Å². The van der Waals surface area contributed by atoms with Crippen molar-refractivity contribution in [2.45, 2.75) is 25.4 Å². The number of carbonyl (C=O) groups excluding carboxylic acids is 1. The number of hydrogen-bond acceptors (Lipinski definition) is 6. The minimum atomic E-state index is -0.465. The molecular weight excluding hydrogens is 260 g/mol. The van der Waals surface area contributed by atoms with E-state index in [1.54, 1.807) is 6.07 Å². The van der Waals surface area contributed by atoms with Crippen LogP contribution in [0.2, 0.25) is 0 Å². The molecule has 1 aliphatic heterocycles. The third kappa shape index (κ3) is 3.82. The summed E-state index contributed by atoms with van der Waals surface area (Å²) in [4.78, 5) is 13.7. The summed E-state index contributed by atoms with van der Waals surface area (Å²) >= 11 is 0. The van der Waals surface area contributed by atoms with Crippen LogP contribution >= 0.6 is 0 Å². The van der Waals surface area contributed by atoms with Crippen LogP contribution in [0.4, 0.5) is 0 Å². The Morgan fingerprint density at radius 3 is 3.15 bits per heavy atom. The Labute approximate surface area is 118 Å². The van der Waals surface area contributed by atoms with E-state index in [-0.39, 0.29) is 12.4 Å². The first-order valence-corrected chi connectivity index (χ1v) is 6.96. The number of furan rings is 1. The average molecular weight is 282 g/mol. The zero-order valence-electron chi connectivity index (χ0n) is 11.8. The van der Waals surface area contributed by atoms with Crippen molar-refractivity contribution in [1.82, 2.24) is 10.2 Å². The molecule has 0 amide bonds. The maximum absolute atomic E-state index is 11.6. The van der Waals surface area contributed by atoms with Crippen LogP contribution in [-0.2, 0) is 11.3 Å². The van der Waals surface area contributed by atoms with Crippen molar-refractivity contribution >= 4 is 5.97 Å². The highest BCUT2D eigenvalue weighted by Gasteiger charge is 2.21. The lowest BCUT2D eigenvalue weighted by Crippen LogP contribution is -2.38. The lowest BCUT2D eigenvalue weighted by Gasteiger charge is -2.24. The summed E-state index contributed by atoms with van der Waals surface area (Å²) in [5.41, 5.74) is 0.795. The van der Waals surface area contributed by atoms with Gasteiger partial charge in [0.05, 0.1) is 20.0 Å². The molecule has 0 spiro atoms. The summed E-state index contributed by atoms with van der Waals surface area (Å²) in [7, 11) is 1.34. The van der Waals surface area contributed by atoms with Crippen molar-refractivity contribution in [3.63, 3.8) is 0 Å². The SMILES string of the molecule is COC(=O)c1occc1CN(CCO)CC1CCCN1.